The van der Waals surface area contributed by atoms with Crippen molar-refractivity contribution in [2.24, 2.45) is 0 Å². The van der Waals surface area contributed by atoms with Gasteiger partial charge in [-0.05, 0) is 78.2 Å². The smallest absolute Gasteiger partial charge is 0.142 e. The largest absolute Gasteiger partial charge is 0.455 e. The van der Waals surface area contributed by atoms with Crippen LogP contribution in [0.25, 0.3) is 111 Å². The van der Waals surface area contributed by atoms with E-state index in [2.05, 4.69) is 210 Å². The summed E-state index contributed by atoms with van der Waals surface area (Å²) in [6, 6.07) is 66.3. The molecule has 0 N–H and O–H groups in total. The summed E-state index contributed by atoms with van der Waals surface area (Å²) in [7, 11) is 0. The Bertz CT molecular complexity index is 3410. The van der Waals surface area contributed by atoms with Crippen LogP contribution in [0.5, 0.6) is 0 Å². The predicted molar refractivity (Wildman–Crippen MR) is 258 cm³/mol. The van der Waals surface area contributed by atoms with Crippen molar-refractivity contribution in [2.75, 3.05) is 0 Å². The van der Waals surface area contributed by atoms with Gasteiger partial charge in [0.05, 0.1) is 0 Å². The number of benzene rings is 9. The maximum Gasteiger partial charge on any atom is 0.142 e. The Balaban J connectivity index is 0.890. The van der Waals surface area contributed by atoms with Crippen molar-refractivity contribution in [3.05, 3.63) is 204 Å². The van der Waals surface area contributed by atoms with E-state index in [0.717, 1.165) is 44.9 Å². The highest BCUT2D eigenvalue weighted by Gasteiger charge is 2.46. The van der Waals surface area contributed by atoms with Crippen LogP contribution < -0.4 is 0 Å². The van der Waals surface area contributed by atoms with Gasteiger partial charge in [0.2, 0.25) is 0 Å². The van der Waals surface area contributed by atoms with E-state index in [1.54, 1.807) is 0 Å². The first-order valence-electron chi connectivity index (χ1n) is 21.7. The van der Waals surface area contributed by atoms with E-state index in [1.165, 1.54) is 88.0 Å². The van der Waals surface area contributed by atoms with Gasteiger partial charge in [0, 0.05) is 55.0 Å². The van der Waals surface area contributed by atoms with E-state index >= 15 is 0 Å². The third-order valence-electron chi connectivity index (χ3n) is 14.3. The zero-order valence-electron chi connectivity index (χ0n) is 35.1. The first kappa shape index (κ1) is 35.3. The van der Waals surface area contributed by atoms with Gasteiger partial charge in [0.1, 0.15) is 22.7 Å². The lowest BCUT2D eigenvalue weighted by atomic mass is 9.78. The van der Waals surface area contributed by atoms with Gasteiger partial charge in [-0.2, -0.15) is 0 Å². The van der Waals surface area contributed by atoms with E-state index < -0.39 is 0 Å². The average molecular weight is 795 g/mol. The molecule has 0 aliphatic heterocycles. The van der Waals surface area contributed by atoms with Gasteiger partial charge in [-0.25, -0.2) is 0 Å². The van der Waals surface area contributed by atoms with Crippen LogP contribution in [-0.4, -0.2) is 0 Å². The molecule has 2 aromatic heterocycles. The van der Waals surface area contributed by atoms with Gasteiger partial charge in [-0.1, -0.05) is 198 Å². The fourth-order valence-electron chi connectivity index (χ4n) is 11.2. The maximum absolute atomic E-state index is 7.09. The van der Waals surface area contributed by atoms with Crippen LogP contribution in [0.4, 0.5) is 0 Å². The Hall–Kier alpha value is -7.42. The molecule has 0 radical (unpaired) electrons. The van der Waals surface area contributed by atoms with Crippen LogP contribution in [0, 0.1) is 0 Å². The second kappa shape index (κ2) is 12.6. The van der Waals surface area contributed by atoms with Crippen LogP contribution in [0.15, 0.2) is 191 Å². The fraction of sp³-hybridized carbons (Fsp3) is 0.100. The molecule has 0 saturated heterocycles. The molecule has 11 aromatic rings. The number of para-hydroxylation sites is 2. The molecule has 0 amide bonds. The summed E-state index contributed by atoms with van der Waals surface area (Å²) in [4.78, 5) is 0. The second-order valence-corrected chi connectivity index (χ2v) is 18.4. The van der Waals surface area contributed by atoms with Gasteiger partial charge in [0.25, 0.3) is 0 Å². The van der Waals surface area contributed by atoms with Gasteiger partial charge >= 0.3 is 0 Å². The second-order valence-electron chi connectivity index (χ2n) is 18.4. The summed E-state index contributed by atoms with van der Waals surface area (Å²) in [5.74, 6) is 1.97. The minimum absolute atomic E-state index is 0.280. The highest BCUT2D eigenvalue weighted by atomic mass is 16.3. The molecule has 9 aromatic carbocycles. The molecule has 2 nitrogen and oxygen atoms in total. The van der Waals surface area contributed by atoms with E-state index in [1.807, 2.05) is 0 Å². The van der Waals surface area contributed by atoms with E-state index in [9.17, 15) is 0 Å². The van der Waals surface area contributed by atoms with Crippen LogP contribution >= 0.6 is 0 Å². The third kappa shape index (κ3) is 4.81. The number of fused-ring (bicyclic) bond motifs is 12. The fourth-order valence-corrected chi connectivity index (χ4v) is 11.2. The van der Waals surface area contributed by atoms with Crippen LogP contribution in [0.1, 0.15) is 49.9 Å². The zero-order valence-corrected chi connectivity index (χ0v) is 35.1. The Labute approximate surface area is 360 Å². The Morgan fingerprint density at radius 1 is 0.306 bits per heavy atom. The number of hydrogen-bond donors (Lipinski definition) is 0. The molecule has 0 atom stereocenters. The van der Waals surface area contributed by atoms with Crippen molar-refractivity contribution in [3.8, 4) is 67.2 Å². The summed E-state index contributed by atoms with van der Waals surface area (Å²) in [5.41, 5.74) is 18.2. The first-order valence-corrected chi connectivity index (χ1v) is 21.7. The molecular weight excluding hydrogens is 753 g/mol. The minimum atomic E-state index is -0.280. The Kier molecular flexibility index (Phi) is 7.16. The van der Waals surface area contributed by atoms with Crippen LogP contribution in [-0.2, 0) is 10.8 Å². The summed E-state index contributed by atoms with van der Waals surface area (Å²) in [5, 5.41) is 7.39. The zero-order chi connectivity index (χ0) is 41.5. The van der Waals surface area contributed by atoms with Gasteiger partial charge in [0.15, 0.2) is 0 Å². The van der Waals surface area contributed by atoms with Crippen molar-refractivity contribution in [1.82, 2.24) is 0 Å². The molecule has 2 aliphatic carbocycles. The molecule has 0 unspecified atom stereocenters. The third-order valence-corrected chi connectivity index (χ3v) is 14.3. The molecule has 62 heavy (non-hydrogen) atoms. The molecule has 0 bridgehead atoms. The maximum atomic E-state index is 7.09. The monoisotopic (exact) mass is 794 g/mol. The van der Waals surface area contributed by atoms with Crippen molar-refractivity contribution < 1.29 is 8.83 Å². The van der Waals surface area contributed by atoms with Gasteiger partial charge < -0.3 is 8.83 Å². The lowest BCUT2D eigenvalue weighted by molar-refractivity contribution is 0.617. The van der Waals surface area contributed by atoms with Gasteiger partial charge in [-0.3, -0.25) is 0 Å². The Morgan fingerprint density at radius 3 is 1.05 bits per heavy atom. The summed E-state index contributed by atoms with van der Waals surface area (Å²) in [6.07, 6.45) is 0. The van der Waals surface area contributed by atoms with Gasteiger partial charge in [-0.15, -0.1) is 0 Å². The summed E-state index contributed by atoms with van der Waals surface area (Å²) in [6.45, 7) is 9.41. The Morgan fingerprint density at radius 2 is 0.629 bits per heavy atom. The summed E-state index contributed by atoms with van der Waals surface area (Å²) >= 11 is 0. The molecule has 13 rings (SSSR count). The van der Waals surface area contributed by atoms with E-state index in [-0.39, 0.29) is 10.8 Å². The molecule has 2 aliphatic rings. The highest BCUT2D eigenvalue weighted by molar-refractivity contribution is 6.05. The number of furan rings is 2. The van der Waals surface area contributed by atoms with Crippen LogP contribution in [0.2, 0.25) is 0 Å². The molecule has 294 valence electrons. The normalized spacial score (nSPS) is 14.4. The molecule has 0 fully saturated rings. The number of hydrogen-bond acceptors (Lipinski definition) is 2. The quantitative estimate of drug-likeness (QED) is 0.177. The topological polar surface area (TPSA) is 26.3 Å². The van der Waals surface area contributed by atoms with Crippen LogP contribution in [0.3, 0.4) is 0 Å². The lowest BCUT2D eigenvalue weighted by Gasteiger charge is -2.24. The molecule has 0 saturated carbocycles. The predicted octanol–water partition coefficient (Wildman–Crippen LogP) is 16.8. The van der Waals surface area contributed by atoms with Crippen molar-refractivity contribution in [1.29, 1.82) is 0 Å². The van der Waals surface area contributed by atoms with Crippen molar-refractivity contribution in [2.45, 2.75) is 38.5 Å². The molecule has 2 heterocycles. The summed E-state index contributed by atoms with van der Waals surface area (Å²) < 4.78 is 14.2. The highest BCUT2D eigenvalue weighted by Crippen LogP contribution is 2.60. The van der Waals surface area contributed by atoms with E-state index in [0.29, 0.717) is 0 Å². The molecule has 0 spiro atoms. The first-order chi connectivity index (χ1) is 30.3. The van der Waals surface area contributed by atoms with Crippen molar-refractivity contribution in [3.63, 3.8) is 0 Å². The van der Waals surface area contributed by atoms with Crippen molar-refractivity contribution >= 4 is 43.5 Å². The standard InChI is InChI=1S/C60H42O2/c1-59(2)51-33-50-52(34-49(51)57-53(59)47-23-11-21-45(55(47)61-57)39-29-25-37(26-30-39)43-19-9-15-35-13-5-7-17-41(35)43)60(3,4)54-48-24-12-22-46(56(48)62-58(50)54)40-31-27-38(28-32-40)44-20-10-16-36-14-6-8-18-42(36)44/h5-34H,1-4H3. The molecular formula is C60H42O2. The minimum Gasteiger partial charge on any atom is -0.455 e. The average Bonchev–Trinajstić information content (AvgIpc) is 4.02. The van der Waals surface area contributed by atoms with E-state index in [4.69, 9.17) is 8.83 Å². The number of rotatable bonds is 4. The molecule has 2 heteroatoms. The SMILES string of the molecule is CC1(C)c2cc3c(cc2-c2oc4c(-c5ccc(-c6cccc7ccccc67)cc5)cccc4c21)C(C)(C)c1c-3oc2c(-c3ccc(-c4cccc5ccccc45)cc3)cccc12. The lowest BCUT2D eigenvalue weighted by Crippen LogP contribution is -2.17.